The van der Waals surface area contributed by atoms with Crippen molar-refractivity contribution in [3.63, 3.8) is 0 Å². The monoisotopic (exact) mass is 374 g/mol. The molecule has 1 heterocycles. The van der Waals surface area contributed by atoms with Crippen LogP contribution in [0.1, 0.15) is 30.9 Å². The second-order valence-corrected chi connectivity index (χ2v) is 7.39. The minimum absolute atomic E-state index is 0.494. The normalized spacial score (nSPS) is 21.1. The fraction of sp³-hybridized carbons (Fsp3) is 0.625. The zero-order valence-electron chi connectivity index (χ0n) is 12.7. The second kappa shape index (κ2) is 7.93. The van der Waals surface area contributed by atoms with Crippen molar-refractivity contribution < 1.29 is 5.11 Å². The van der Waals surface area contributed by atoms with E-state index < -0.39 is 6.10 Å². The van der Waals surface area contributed by atoms with Crippen LogP contribution in [0.15, 0.2) is 22.7 Å². The lowest BCUT2D eigenvalue weighted by molar-refractivity contribution is 0.131. The molecule has 21 heavy (non-hydrogen) atoms. The number of halogens is 2. The van der Waals surface area contributed by atoms with Crippen LogP contribution in [0.4, 0.5) is 0 Å². The Morgan fingerprint density at radius 2 is 2.24 bits per heavy atom. The van der Waals surface area contributed by atoms with Gasteiger partial charge in [0.1, 0.15) is 0 Å². The van der Waals surface area contributed by atoms with E-state index in [4.69, 9.17) is 11.6 Å². The summed E-state index contributed by atoms with van der Waals surface area (Å²) in [7, 11) is 4.24. The number of aliphatic hydroxyl groups excluding tert-OH is 1. The van der Waals surface area contributed by atoms with Gasteiger partial charge in [0.25, 0.3) is 0 Å². The van der Waals surface area contributed by atoms with Crippen LogP contribution >= 0.6 is 27.5 Å². The van der Waals surface area contributed by atoms with Crippen LogP contribution in [0.25, 0.3) is 0 Å². The first-order valence-electron chi connectivity index (χ1n) is 7.49. The molecule has 2 unspecified atom stereocenters. The first kappa shape index (κ1) is 17.2. The number of likely N-dealkylation sites (N-methyl/N-ethyl adjacent to an activating group) is 1. The number of likely N-dealkylation sites (tertiary alicyclic amines) is 1. The molecule has 1 aromatic carbocycles. The lowest BCUT2D eigenvalue weighted by atomic mass is 10.1. The van der Waals surface area contributed by atoms with Gasteiger partial charge in [-0.3, -0.25) is 4.90 Å². The van der Waals surface area contributed by atoms with Crippen LogP contribution in [-0.4, -0.2) is 54.7 Å². The van der Waals surface area contributed by atoms with Gasteiger partial charge >= 0.3 is 0 Å². The van der Waals surface area contributed by atoms with Crippen molar-refractivity contribution in [3.05, 3.63) is 33.3 Å². The summed E-state index contributed by atoms with van der Waals surface area (Å²) in [5.74, 6) is 0. The molecule has 1 N–H and O–H groups in total. The van der Waals surface area contributed by atoms with Crippen molar-refractivity contribution in [3.8, 4) is 0 Å². The Balaban J connectivity index is 1.89. The van der Waals surface area contributed by atoms with Crippen molar-refractivity contribution in [2.75, 3.05) is 33.7 Å². The fourth-order valence-electron chi connectivity index (χ4n) is 3.03. The summed E-state index contributed by atoms with van der Waals surface area (Å²) >= 11 is 9.60. The third-order valence-corrected chi connectivity index (χ3v) is 4.91. The van der Waals surface area contributed by atoms with E-state index in [2.05, 4.69) is 39.8 Å². The lowest BCUT2D eigenvalue weighted by Gasteiger charge is -2.27. The second-order valence-electron chi connectivity index (χ2n) is 6.06. The van der Waals surface area contributed by atoms with Gasteiger partial charge in [-0.1, -0.05) is 33.6 Å². The molecule has 2 rings (SSSR count). The Bertz CT molecular complexity index is 470. The molecule has 1 aliphatic heterocycles. The predicted molar refractivity (Wildman–Crippen MR) is 91.9 cm³/mol. The average Bonchev–Trinajstić information content (AvgIpc) is 2.82. The molecule has 0 bridgehead atoms. The molecular formula is C16H24BrClN2O. The predicted octanol–water partition coefficient (Wildman–Crippen LogP) is 3.55. The molecule has 118 valence electrons. The molecule has 0 radical (unpaired) electrons. The number of hydrogen-bond acceptors (Lipinski definition) is 3. The zero-order chi connectivity index (χ0) is 15.4. The summed E-state index contributed by atoms with van der Waals surface area (Å²) in [6.07, 6.45) is 2.75. The molecule has 1 fully saturated rings. The fourth-order valence-corrected chi connectivity index (χ4v) is 3.83. The summed E-state index contributed by atoms with van der Waals surface area (Å²) in [6.45, 7) is 3.15. The molecule has 1 saturated heterocycles. The standard InChI is InChI=1S/C16H24BrClN2O/c1-19(2)11-13-4-3-8-20(13)9-7-16(21)14-6-5-12(17)10-15(14)18/h5-6,10,13,16,21H,3-4,7-9,11H2,1-2H3. The third-order valence-electron chi connectivity index (χ3n) is 4.09. The highest BCUT2D eigenvalue weighted by molar-refractivity contribution is 9.10. The van der Waals surface area contributed by atoms with Gasteiger partial charge in [-0.25, -0.2) is 0 Å². The van der Waals surface area contributed by atoms with Crippen LogP contribution in [0, 0.1) is 0 Å². The highest BCUT2D eigenvalue weighted by Gasteiger charge is 2.25. The molecule has 0 amide bonds. The average molecular weight is 376 g/mol. The Hall–Kier alpha value is -0.130. The number of hydrogen-bond donors (Lipinski definition) is 1. The summed E-state index contributed by atoms with van der Waals surface area (Å²) in [5.41, 5.74) is 0.822. The molecule has 0 aromatic heterocycles. The zero-order valence-corrected chi connectivity index (χ0v) is 15.1. The number of aliphatic hydroxyl groups is 1. The quantitative estimate of drug-likeness (QED) is 0.823. The van der Waals surface area contributed by atoms with Crippen LogP contribution in [-0.2, 0) is 0 Å². The summed E-state index contributed by atoms with van der Waals surface area (Å²) in [6, 6.07) is 6.28. The van der Waals surface area contributed by atoms with Crippen LogP contribution < -0.4 is 0 Å². The lowest BCUT2D eigenvalue weighted by Crippen LogP contribution is -2.38. The molecule has 0 aliphatic carbocycles. The Labute approximate surface area is 141 Å². The van der Waals surface area contributed by atoms with Gasteiger partial charge in [0.15, 0.2) is 0 Å². The number of benzene rings is 1. The maximum atomic E-state index is 10.4. The molecule has 1 aliphatic rings. The van der Waals surface area contributed by atoms with Gasteiger partial charge in [-0.05, 0) is 57.6 Å². The Kier molecular flexibility index (Phi) is 6.51. The van der Waals surface area contributed by atoms with Gasteiger partial charge < -0.3 is 10.0 Å². The maximum Gasteiger partial charge on any atom is 0.0816 e. The topological polar surface area (TPSA) is 26.7 Å². The van der Waals surface area contributed by atoms with Gasteiger partial charge in [0.2, 0.25) is 0 Å². The van der Waals surface area contributed by atoms with E-state index in [0.29, 0.717) is 11.1 Å². The molecular weight excluding hydrogens is 352 g/mol. The highest BCUT2D eigenvalue weighted by atomic mass is 79.9. The largest absolute Gasteiger partial charge is 0.388 e. The van der Waals surface area contributed by atoms with Gasteiger partial charge in [-0.2, -0.15) is 0 Å². The third kappa shape index (κ3) is 4.93. The van der Waals surface area contributed by atoms with Gasteiger partial charge in [-0.15, -0.1) is 0 Å². The van der Waals surface area contributed by atoms with E-state index in [9.17, 15) is 5.11 Å². The van der Waals surface area contributed by atoms with E-state index >= 15 is 0 Å². The Morgan fingerprint density at radius 1 is 1.48 bits per heavy atom. The summed E-state index contributed by atoms with van der Waals surface area (Å²) in [4.78, 5) is 4.74. The van der Waals surface area contributed by atoms with Gasteiger partial charge in [0.05, 0.1) is 6.10 Å². The van der Waals surface area contributed by atoms with Gasteiger partial charge in [0, 0.05) is 28.6 Å². The van der Waals surface area contributed by atoms with Crippen LogP contribution in [0.5, 0.6) is 0 Å². The summed E-state index contributed by atoms with van der Waals surface area (Å²) < 4.78 is 0.939. The van der Waals surface area contributed by atoms with E-state index in [1.807, 2.05) is 18.2 Å². The molecule has 0 spiro atoms. The highest BCUT2D eigenvalue weighted by Crippen LogP contribution is 2.29. The minimum atomic E-state index is -0.494. The summed E-state index contributed by atoms with van der Waals surface area (Å²) in [5, 5.41) is 11.0. The van der Waals surface area contributed by atoms with Crippen molar-refractivity contribution in [2.24, 2.45) is 0 Å². The van der Waals surface area contributed by atoms with Crippen LogP contribution in [0.3, 0.4) is 0 Å². The smallest absolute Gasteiger partial charge is 0.0816 e. The molecule has 0 saturated carbocycles. The van der Waals surface area contributed by atoms with E-state index in [-0.39, 0.29) is 0 Å². The number of nitrogens with zero attached hydrogens (tertiary/aromatic N) is 2. The van der Waals surface area contributed by atoms with Crippen molar-refractivity contribution >= 4 is 27.5 Å². The maximum absolute atomic E-state index is 10.4. The molecule has 5 heteroatoms. The molecule has 3 nitrogen and oxygen atoms in total. The Morgan fingerprint density at radius 3 is 2.90 bits per heavy atom. The van der Waals surface area contributed by atoms with Crippen molar-refractivity contribution in [2.45, 2.75) is 31.4 Å². The first-order chi connectivity index (χ1) is 9.97. The number of rotatable bonds is 6. The molecule has 2 atom stereocenters. The SMILES string of the molecule is CN(C)CC1CCCN1CCC(O)c1ccc(Br)cc1Cl. The van der Waals surface area contributed by atoms with Crippen molar-refractivity contribution in [1.29, 1.82) is 0 Å². The minimum Gasteiger partial charge on any atom is -0.388 e. The van der Waals surface area contributed by atoms with Crippen molar-refractivity contribution in [1.82, 2.24) is 9.80 Å². The molecule has 1 aromatic rings. The van der Waals surface area contributed by atoms with Crippen LogP contribution in [0.2, 0.25) is 5.02 Å². The first-order valence-corrected chi connectivity index (χ1v) is 8.66. The van der Waals surface area contributed by atoms with E-state index in [1.165, 1.54) is 12.8 Å². The van der Waals surface area contributed by atoms with E-state index in [1.54, 1.807) is 0 Å². The van der Waals surface area contributed by atoms with E-state index in [0.717, 1.165) is 36.1 Å².